The first-order chi connectivity index (χ1) is 13.9. The van der Waals surface area contributed by atoms with Crippen molar-refractivity contribution in [2.24, 2.45) is 5.92 Å². The fourth-order valence-corrected chi connectivity index (χ4v) is 3.51. The van der Waals surface area contributed by atoms with Crippen LogP contribution in [0.5, 0.6) is 5.75 Å². The van der Waals surface area contributed by atoms with Gasteiger partial charge < -0.3 is 9.84 Å². The van der Waals surface area contributed by atoms with Crippen molar-refractivity contribution in [2.45, 2.75) is 27.3 Å². The number of halogens is 1. The van der Waals surface area contributed by atoms with Crippen LogP contribution in [0.25, 0.3) is 0 Å². The Morgan fingerprint density at radius 2 is 2.07 bits per heavy atom. The quantitative estimate of drug-likeness (QED) is 0.710. The largest absolute Gasteiger partial charge is 0.493 e. The molecule has 1 aromatic heterocycles. The maximum absolute atomic E-state index is 12.5. The van der Waals surface area contributed by atoms with Crippen LogP contribution in [0.15, 0.2) is 24.3 Å². The van der Waals surface area contributed by atoms with Crippen LogP contribution in [-0.4, -0.2) is 65.1 Å². The fraction of sp³-hybridized carbons (Fsp3) is 0.524. The summed E-state index contributed by atoms with van der Waals surface area (Å²) in [5.41, 5.74) is 1.91. The zero-order valence-electron chi connectivity index (χ0n) is 17.3. The van der Waals surface area contributed by atoms with Crippen LogP contribution in [0.2, 0.25) is 5.02 Å². The van der Waals surface area contributed by atoms with Crippen molar-refractivity contribution < 1.29 is 14.6 Å². The summed E-state index contributed by atoms with van der Waals surface area (Å²) < 4.78 is 7.82. The molecule has 0 spiro atoms. The fourth-order valence-electron chi connectivity index (χ4n) is 3.31. The predicted octanol–water partition coefficient (Wildman–Crippen LogP) is 2.57. The number of nitrogens with zero attached hydrogens (tertiary/aromatic N) is 4. The van der Waals surface area contributed by atoms with E-state index in [4.69, 9.17) is 21.4 Å². The van der Waals surface area contributed by atoms with Gasteiger partial charge in [0.25, 0.3) is 0 Å². The summed E-state index contributed by atoms with van der Waals surface area (Å²) in [5.74, 6) is 1.88. The van der Waals surface area contributed by atoms with Gasteiger partial charge >= 0.3 is 0 Å². The van der Waals surface area contributed by atoms with E-state index in [1.165, 1.54) is 0 Å². The molecule has 1 fully saturated rings. The van der Waals surface area contributed by atoms with Crippen molar-refractivity contribution in [1.82, 2.24) is 14.7 Å². The lowest BCUT2D eigenvalue weighted by atomic mass is 10.2. The maximum atomic E-state index is 12.5. The van der Waals surface area contributed by atoms with E-state index in [9.17, 15) is 4.79 Å². The molecule has 1 amide bonds. The third-order valence-corrected chi connectivity index (χ3v) is 5.11. The normalized spacial score (nSPS) is 15.4. The first kappa shape index (κ1) is 21.6. The minimum atomic E-state index is -0.00180. The first-order valence-corrected chi connectivity index (χ1v) is 10.3. The summed E-state index contributed by atoms with van der Waals surface area (Å²) >= 11 is 6.21. The molecule has 2 heterocycles. The highest BCUT2D eigenvalue weighted by Gasteiger charge is 2.26. The van der Waals surface area contributed by atoms with E-state index < -0.39 is 0 Å². The summed E-state index contributed by atoms with van der Waals surface area (Å²) in [4.78, 5) is 16.2. The Hall–Kier alpha value is -2.09. The molecule has 0 saturated carbocycles. The number of aromatic nitrogens is 2. The van der Waals surface area contributed by atoms with Crippen molar-refractivity contribution in [1.29, 1.82) is 0 Å². The number of anilines is 1. The molecule has 1 saturated heterocycles. The molecule has 0 radical (unpaired) electrons. The molecule has 1 aliphatic rings. The van der Waals surface area contributed by atoms with Gasteiger partial charge in [-0.15, -0.1) is 0 Å². The van der Waals surface area contributed by atoms with Gasteiger partial charge in [0.15, 0.2) is 5.82 Å². The zero-order chi connectivity index (χ0) is 21.0. The highest BCUT2D eigenvalue weighted by molar-refractivity contribution is 6.30. The molecule has 2 aromatic rings. The molecular weight excluding hydrogens is 392 g/mol. The first-order valence-electron chi connectivity index (χ1n) is 9.96. The smallest absolute Gasteiger partial charge is 0.242 e. The van der Waals surface area contributed by atoms with E-state index in [-0.39, 0.29) is 12.5 Å². The van der Waals surface area contributed by atoms with Crippen LogP contribution in [0, 0.1) is 12.8 Å². The average molecular weight is 421 g/mol. The Balaban J connectivity index is 1.76. The number of ether oxygens (including phenoxy) is 1. The molecule has 1 aliphatic heterocycles. The molecule has 7 nitrogen and oxygen atoms in total. The van der Waals surface area contributed by atoms with Gasteiger partial charge in [0.2, 0.25) is 5.91 Å². The minimum absolute atomic E-state index is 0.00180. The van der Waals surface area contributed by atoms with E-state index in [1.54, 1.807) is 4.90 Å². The summed E-state index contributed by atoms with van der Waals surface area (Å²) in [6, 6.07) is 7.55. The monoisotopic (exact) mass is 420 g/mol. The molecule has 8 heteroatoms. The molecule has 29 heavy (non-hydrogen) atoms. The van der Waals surface area contributed by atoms with Gasteiger partial charge in [-0.25, -0.2) is 0 Å². The molecule has 158 valence electrons. The van der Waals surface area contributed by atoms with Gasteiger partial charge in [-0.2, -0.15) is 5.10 Å². The van der Waals surface area contributed by atoms with Gasteiger partial charge in [0, 0.05) is 42.0 Å². The predicted molar refractivity (Wildman–Crippen MR) is 114 cm³/mol. The second kappa shape index (κ2) is 9.61. The molecule has 1 N–H and O–H groups in total. The topological polar surface area (TPSA) is 70.8 Å². The molecule has 3 rings (SSSR count). The zero-order valence-corrected chi connectivity index (χ0v) is 18.0. The van der Waals surface area contributed by atoms with E-state index in [1.807, 2.05) is 40.8 Å². The van der Waals surface area contributed by atoms with Crippen molar-refractivity contribution >= 4 is 23.3 Å². The Bertz CT molecular complexity index is 852. The van der Waals surface area contributed by atoms with Crippen molar-refractivity contribution in [3.05, 3.63) is 40.5 Å². The number of rotatable bonds is 8. The Kier molecular flexibility index (Phi) is 7.16. The summed E-state index contributed by atoms with van der Waals surface area (Å²) in [6.45, 7) is 9.49. The Morgan fingerprint density at radius 1 is 1.28 bits per heavy atom. The number of carbonyl (C=O) groups excluding carboxylic acids is 1. The number of aliphatic hydroxyl groups excluding tert-OH is 1. The SMILES string of the molecule is Cc1cc(N2CCN(CCO)CC2=O)nn1Cc1cc(Cl)ccc1OCC(C)C. The molecular formula is C21H29ClN4O3. The number of benzene rings is 1. The van der Waals surface area contributed by atoms with E-state index in [2.05, 4.69) is 18.9 Å². The van der Waals surface area contributed by atoms with E-state index >= 15 is 0 Å². The molecule has 0 atom stereocenters. The van der Waals surface area contributed by atoms with Crippen LogP contribution in [-0.2, 0) is 11.3 Å². The number of aryl methyl sites for hydroxylation is 1. The van der Waals surface area contributed by atoms with Crippen molar-refractivity contribution in [3.8, 4) is 5.75 Å². The third-order valence-electron chi connectivity index (χ3n) is 4.88. The number of aliphatic hydroxyl groups is 1. The standard InChI is InChI=1S/C21H29ClN4O3/c1-15(2)14-29-19-5-4-18(22)11-17(19)12-26-16(3)10-20(23-26)25-7-6-24(8-9-27)13-21(25)28/h4-5,10-11,15,27H,6-9,12-14H2,1-3H3. The Morgan fingerprint density at radius 3 is 2.76 bits per heavy atom. The molecule has 0 bridgehead atoms. The molecule has 0 aliphatic carbocycles. The number of hydrogen-bond donors (Lipinski definition) is 1. The summed E-state index contributed by atoms with van der Waals surface area (Å²) in [6.07, 6.45) is 0. The van der Waals surface area contributed by atoms with Crippen LogP contribution >= 0.6 is 11.6 Å². The Labute approximate surface area is 176 Å². The number of carbonyl (C=O) groups is 1. The number of piperazine rings is 1. The highest BCUT2D eigenvalue weighted by Crippen LogP contribution is 2.26. The van der Waals surface area contributed by atoms with Crippen molar-refractivity contribution in [3.63, 3.8) is 0 Å². The lowest BCUT2D eigenvalue weighted by molar-refractivity contribution is -0.121. The lowest BCUT2D eigenvalue weighted by Crippen LogP contribution is -2.51. The van der Waals surface area contributed by atoms with Gasteiger partial charge in [0.1, 0.15) is 5.75 Å². The second-order valence-electron chi connectivity index (χ2n) is 7.80. The van der Waals surface area contributed by atoms with Gasteiger partial charge in [-0.3, -0.25) is 19.3 Å². The van der Waals surface area contributed by atoms with Crippen molar-refractivity contribution in [2.75, 3.05) is 44.3 Å². The van der Waals surface area contributed by atoms with Gasteiger partial charge in [0.05, 0.1) is 26.3 Å². The van der Waals surface area contributed by atoms with E-state index in [0.29, 0.717) is 49.5 Å². The van der Waals surface area contributed by atoms with Gasteiger partial charge in [-0.05, 0) is 31.0 Å². The van der Waals surface area contributed by atoms with E-state index in [0.717, 1.165) is 23.6 Å². The second-order valence-corrected chi connectivity index (χ2v) is 8.24. The molecule has 1 aromatic carbocycles. The summed E-state index contributed by atoms with van der Waals surface area (Å²) in [5, 5.41) is 14.4. The lowest BCUT2D eigenvalue weighted by Gasteiger charge is -2.32. The third kappa shape index (κ3) is 5.50. The number of amides is 1. The number of β-amino-alcohol motifs (C(OH)–C–C–N with tert-alkyl or cyclic N) is 1. The molecule has 0 unspecified atom stereocenters. The highest BCUT2D eigenvalue weighted by atomic mass is 35.5. The average Bonchev–Trinajstić information content (AvgIpc) is 3.01. The van der Waals surface area contributed by atoms with Crippen LogP contribution in [0.4, 0.5) is 5.82 Å². The minimum Gasteiger partial charge on any atom is -0.493 e. The van der Waals surface area contributed by atoms with Crippen LogP contribution in [0.1, 0.15) is 25.1 Å². The van der Waals surface area contributed by atoms with Crippen LogP contribution < -0.4 is 9.64 Å². The van der Waals surface area contributed by atoms with Crippen LogP contribution in [0.3, 0.4) is 0 Å². The maximum Gasteiger partial charge on any atom is 0.242 e. The summed E-state index contributed by atoms with van der Waals surface area (Å²) in [7, 11) is 0. The number of hydrogen-bond acceptors (Lipinski definition) is 5. The van der Waals surface area contributed by atoms with Gasteiger partial charge in [-0.1, -0.05) is 25.4 Å².